The van der Waals surface area contributed by atoms with Crippen LogP contribution in [-0.4, -0.2) is 22.7 Å². The van der Waals surface area contributed by atoms with Crippen molar-refractivity contribution in [3.63, 3.8) is 0 Å². The van der Waals surface area contributed by atoms with E-state index < -0.39 is 11.8 Å². The van der Waals surface area contributed by atoms with Crippen LogP contribution in [0.15, 0.2) is 24.3 Å². The first-order chi connectivity index (χ1) is 11.6. The smallest absolute Gasteiger partial charge is 0.273 e. The minimum Gasteiger partial charge on any atom is -0.273 e. The number of nitrogens with zero attached hydrogens (tertiary/aromatic N) is 1. The zero-order chi connectivity index (χ0) is 16.5. The number of nitrogens with one attached hydrogen (secondary N) is 1. The molecule has 5 heteroatoms. The topological polar surface area (TPSA) is 66.5 Å². The Balaban J connectivity index is 1.40. The van der Waals surface area contributed by atoms with Gasteiger partial charge in [-0.15, -0.1) is 0 Å². The Kier molecular flexibility index (Phi) is 2.77. The average molecular weight is 324 g/mol. The van der Waals surface area contributed by atoms with Crippen molar-refractivity contribution in [2.24, 2.45) is 23.2 Å². The molecule has 0 spiro atoms. The van der Waals surface area contributed by atoms with Crippen LogP contribution in [0.2, 0.25) is 0 Å². The highest BCUT2D eigenvalue weighted by Gasteiger charge is 2.55. The van der Waals surface area contributed by atoms with Crippen LogP contribution < -0.4 is 5.43 Å². The largest absolute Gasteiger partial charge is 0.280 e. The summed E-state index contributed by atoms with van der Waals surface area (Å²) in [6.07, 6.45) is 6.48. The quantitative estimate of drug-likeness (QED) is 0.850. The lowest BCUT2D eigenvalue weighted by Gasteiger charge is -2.55. The number of amides is 3. The Labute approximate surface area is 140 Å². The van der Waals surface area contributed by atoms with Gasteiger partial charge in [0.05, 0.1) is 16.5 Å². The summed E-state index contributed by atoms with van der Waals surface area (Å²) in [6.45, 7) is 0. The molecule has 4 saturated carbocycles. The molecule has 1 N–H and O–H groups in total. The minimum absolute atomic E-state index is 0.129. The second kappa shape index (κ2) is 4.68. The van der Waals surface area contributed by atoms with Gasteiger partial charge in [-0.3, -0.25) is 19.8 Å². The van der Waals surface area contributed by atoms with E-state index in [-0.39, 0.29) is 11.3 Å². The predicted octanol–water partition coefficient (Wildman–Crippen LogP) is 2.53. The maximum absolute atomic E-state index is 13.0. The molecule has 0 atom stereocenters. The summed E-state index contributed by atoms with van der Waals surface area (Å²) in [7, 11) is 0. The van der Waals surface area contributed by atoms with Crippen LogP contribution in [0.3, 0.4) is 0 Å². The fourth-order valence-electron chi connectivity index (χ4n) is 5.90. The van der Waals surface area contributed by atoms with Gasteiger partial charge in [-0.05, 0) is 68.4 Å². The Morgan fingerprint density at radius 1 is 0.917 bits per heavy atom. The van der Waals surface area contributed by atoms with E-state index in [2.05, 4.69) is 5.43 Å². The highest BCUT2D eigenvalue weighted by atomic mass is 16.2. The highest BCUT2D eigenvalue weighted by molar-refractivity contribution is 6.21. The predicted molar refractivity (Wildman–Crippen MR) is 85.7 cm³/mol. The molecule has 1 aliphatic heterocycles. The molecule has 3 amide bonds. The number of rotatable bonds is 2. The number of hydrogen-bond acceptors (Lipinski definition) is 3. The molecule has 0 unspecified atom stereocenters. The van der Waals surface area contributed by atoms with Crippen LogP contribution in [0.5, 0.6) is 0 Å². The van der Waals surface area contributed by atoms with E-state index in [4.69, 9.17) is 0 Å². The fraction of sp³-hybridized carbons (Fsp3) is 0.526. The first kappa shape index (κ1) is 14.2. The lowest BCUT2D eigenvalue weighted by molar-refractivity contribution is -0.149. The van der Waals surface area contributed by atoms with Crippen LogP contribution in [0, 0.1) is 23.2 Å². The standard InChI is InChI=1S/C19H20N2O3/c22-16-14-3-1-2-4-15(14)17(23)21(16)20-18(24)19-8-11-5-12(9-19)7-13(6-11)10-19/h1-4,11-13H,5-10H2,(H,20,24). The van der Waals surface area contributed by atoms with Crippen molar-refractivity contribution in [2.75, 3.05) is 0 Å². The molecular weight excluding hydrogens is 304 g/mol. The molecule has 0 radical (unpaired) electrons. The van der Waals surface area contributed by atoms with E-state index in [1.807, 2.05) is 0 Å². The second-order valence-corrected chi connectivity index (χ2v) is 8.13. The maximum atomic E-state index is 13.0. The van der Waals surface area contributed by atoms with Crippen LogP contribution in [-0.2, 0) is 4.79 Å². The SMILES string of the molecule is O=C1c2ccccc2C(=O)N1NC(=O)C12CC3CC(CC(C3)C1)C2. The van der Waals surface area contributed by atoms with Gasteiger partial charge in [-0.25, -0.2) is 0 Å². The van der Waals surface area contributed by atoms with Crippen molar-refractivity contribution in [3.05, 3.63) is 35.4 Å². The Bertz CT molecular complexity index is 699. The molecule has 124 valence electrons. The molecule has 0 aromatic heterocycles. The van der Waals surface area contributed by atoms with Crippen molar-refractivity contribution < 1.29 is 14.4 Å². The van der Waals surface area contributed by atoms with Gasteiger partial charge in [0.2, 0.25) is 5.91 Å². The lowest BCUT2D eigenvalue weighted by atomic mass is 9.49. The Morgan fingerprint density at radius 2 is 1.38 bits per heavy atom. The molecule has 4 aliphatic carbocycles. The number of fused-ring (bicyclic) bond motifs is 1. The molecule has 1 aromatic rings. The normalized spacial score (nSPS) is 36.2. The van der Waals surface area contributed by atoms with Gasteiger partial charge in [0, 0.05) is 0 Å². The average Bonchev–Trinajstić information content (AvgIpc) is 2.79. The van der Waals surface area contributed by atoms with Gasteiger partial charge in [-0.1, -0.05) is 12.1 Å². The maximum Gasteiger partial charge on any atom is 0.280 e. The van der Waals surface area contributed by atoms with Crippen LogP contribution >= 0.6 is 0 Å². The van der Waals surface area contributed by atoms with Gasteiger partial charge in [0.1, 0.15) is 0 Å². The van der Waals surface area contributed by atoms with Gasteiger partial charge < -0.3 is 0 Å². The number of carbonyl (C=O) groups is 3. The van der Waals surface area contributed by atoms with E-state index in [9.17, 15) is 14.4 Å². The van der Waals surface area contributed by atoms with E-state index in [1.165, 1.54) is 19.3 Å². The van der Waals surface area contributed by atoms with Crippen molar-refractivity contribution >= 4 is 17.7 Å². The third-order valence-corrected chi connectivity index (χ3v) is 6.53. The molecule has 24 heavy (non-hydrogen) atoms. The van der Waals surface area contributed by atoms with Crippen LogP contribution in [0.25, 0.3) is 0 Å². The number of hydrogen-bond donors (Lipinski definition) is 1. The monoisotopic (exact) mass is 324 g/mol. The van der Waals surface area contributed by atoms with E-state index in [0.717, 1.165) is 24.3 Å². The van der Waals surface area contributed by atoms with E-state index >= 15 is 0 Å². The zero-order valence-electron chi connectivity index (χ0n) is 13.5. The summed E-state index contributed by atoms with van der Waals surface area (Å²) in [5, 5.41) is 0.922. The van der Waals surface area contributed by atoms with E-state index in [0.29, 0.717) is 28.9 Å². The molecule has 5 nitrogen and oxygen atoms in total. The van der Waals surface area contributed by atoms with Crippen LogP contribution in [0.4, 0.5) is 0 Å². The van der Waals surface area contributed by atoms with Gasteiger partial charge >= 0.3 is 0 Å². The summed E-state index contributed by atoms with van der Waals surface area (Å²) < 4.78 is 0. The first-order valence-electron chi connectivity index (χ1n) is 8.85. The van der Waals surface area contributed by atoms with Gasteiger partial charge in [0.25, 0.3) is 11.8 Å². The number of benzene rings is 1. The first-order valence-corrected chi connectivity index (χ1v) is 8.85. The second-order valence-electron chi connectivity index (χ2n) is 8.13. The Morgan fingerprint density at radius 3 is 1.83 bits per heavy atom. The lowest BCUT2D eigenvalue weighted by Crippen LogP contribution is -2.57. The zero-order valence-corrected chi connectivity index (χ0v) is 13.5. The van der Waals surface area contributed by atoms with Crippen LogP contribution in [0.1, 0.15) is 59.2 Å². The van der Waals surface area contributed by atoms with Crippen molar-refractivity contribution in [1.29, 1.82) is 0 Å². The van der Waals surface area contributed by atoms with E-state index in [1.54, 1.807) is 24.3 Å². The molecule has 4 fully saturated rings. The Hall–Kier alpha value is -2.17. The summed E-state index contributed by atoms with van der Waals surface area (Å²) in [5.41, 5.74) is 3.04. The van der Waals surface area contributed by atoms with Crippen molar-refractivity contribution in [3.8, 4) is 0 Å². The molecule has 1 aromatic carbocycles. The highest BCUT2D eigenvalue weighted by Crippen LogP contribution is 2.60. The molecule has 4 bridgehead atoms. The summed E-state index contributed by atoms with van der Waals surface area (Å²) in [5.74, 6) is 0.955. The van der Waals surface area contributed by atoms with Gasteiger partial charge in [0.15, 0.2) is 0 Å². The fourth-order valence-corrected chi connectivity index (χ4v) is 5.90. The molecular formula is C19H20N2O3. The third-order valence-electron chi connectivity index (χ3n) is 6.53. The molecule has 1 heterocycles. The summed E-state index contributed by atoms with van der Waals surface area (Å²) >= 11 is 0. The van der Waals surface area contributed by atoms with Crippen molar-refractivity contribution in [1.82, 2.24) is 10.4 Å². The minimum atomic E-state index is -0.423. The third kappa shape index (κ3) is 1.84. The molecule has 5 aliphatic rings. The molecule has 0 saturated heterocycles. The number of carbonyl (C=O) groups excluding carboxylic acids is 3. The molecule has 6 rings (SSSR count). The summed E-state index contributed by atoms with van der Waals surface area (Å²) in [6, 6.07) is 6.72. The number of imide groups is 1. The van der Waals surface area contributed by atoms with Gasteiger partial charge in [-0.2, -0.15) is 5.01 Å². The summed E-state index contributed by atoms with van der Waals surface area (Å²) in [4.78, 5) is 38.0. The number of hydrazine groups is 1. The van der Waals surface area contributed by atoms with Crippen molar-refractivity contribution in [2.45, 2.75) is 38.5 Å².